The molecule has 31 heavy (non-hydrogen) atoms. The summed E-state index contributed by atoms with van der Waals surface area (Å²) in [7, 11) is 0. The third kappa shape index (κ3) is 3.72. The minimum atomic E-state index is 0.159. The zero-order chi connectivity index (χ0) is 21.4. The first kappa shape index (κ1) is 19.5. The van der Waals surface area contributed by atoms with Crippen molar-refractivity contribution in [3.8, 4) is 0 Å². The van der Waals surface area contributed by atoms with Crippen LogP contribution in [-0.4, -0.2) is 47.0 Å². The van der Waals surface area contributed by atoms with Crippen molar-refractivity contribution in [3.63, 3.8) is 0 Å². The lowest BCUT2D eigenvalue weighted by molar-refractivity contribution is -0.837. The molecule has 0 bridgehead atoms. The minimum absolute atomic E-state index is 0.159. The number of aryl methyl sites for hydroxylation is 1. The number of rotatable bonds is 4. The molecule has 2 aromatic heterocycles. The number of nitrogens with one attached hydrogen (secondary N) is 2. The van der Waals surface area contributed by atoms with Gasteiger partial charge in [0, 0.05) is 36.6 Å². The van der Waals surface area contributed by atoms with Crippen LogP contribution in [0.2, 0.25) is 0 Å². The lowest BCUT2D eigenvalue weighted by Crippen LogP contribution is -3.10. The highest BCUT2D eigenvalue weighted by atomic mass is 16.3. The maximum atomic E-state index is 11.5. The van der Waals surface area contributed by atoms with Gasteiger partial charge < -0.3 is 14.6 Å². The molecule has 1 fully saturated rings. The minimum Gasteiger partial charge on any atom is -0.450 e. The number of carbonyl (C=O) groups excluding carboxylic acids is 1. The number of quaternary nitrogens is 1. The molecule has 2 aromatic carbocycles. The normalized spacial score (nSPS) is 15.0. The Morgan fingerprint density at radius 3 is 2.55 bits per heavy atom. The lowest BCUT2D eigenvalue weighted by Gasteiger charge is -2.31. The van der Waals surface area contributed by atoms with Gasteiger partial charge in [-0.15, -0.1) is 0 Å². The van der Waals surface area contributed by atoms with Crippen LogP contribution in [0.1, 0.15) is 19.7 Å². The Bertz CT molecular complexity index is 1240. The zero-order valence-electron chi connectivity index (χ0n) is 17.8. The van der Waals surface area contributed by atoms with E-state index in [1.807, 2.05) is 29.2 Å². The molecule has 1 saturated heterocycles. The number of nitrogens with zero attached hydrogens (tertiary/aromatic N) is 3. The van der Waals surface area contributed by atoms with Crippen LogP contribution in [0.3, 0.4) is 0 Å². The quantitative estimate of drug-likeness (QED) is 0.535. The van der Waals surface area contributed by atoms with Gasteiger partial charge >= 0.3 is 0 Å². The summed E-state index contributed by atoms with van der Waals surface area (Å²) in [5, 5.41) is 4.43. The lowest BCUT2D eigenvalue weighted by atomic mass is 10.2. The summed E-state index contributed by atoms with van der Waals surface area (Å²) in [6.07, 6.45) is 0.749. The molecule has 0 atom stereocenters. The number of aromatic nitrogens is 2. The second-order valence-electron chi connectivity index (χ2n) is 7.93. The topological polar surface area (TPSA) is 75.7 Å². The number of hydrogen-bond acceptors (Lipinski definition) is 5. The van der Waals surface area contributed by atoms with Crippen molar-refractivity contribution in [2.24, 2.45) is 0 Å². The van der Waals surface area contributed by atoms with Crippen molar-refractivity contribution in [1.29, 1.82) is 0 Å². The number of amides is 1. The summed E-state index contributed by atoms with van der Waals surface area (Å²) >= 11 is 0. The van der Waals surface area contributed by atoms with Gasteiger partial charge in [-0.2, -0.15) is 0 Å². The molecule has 7 heteroatoms. The van der Waals surface area contributed by atoms with Crippen LogP contribution in [0.4, 0.5) is 17.2 Å². The fraction of sp³-hybridized carbons (Fsp3) is 0.292. The van der Waals surface area contributed by atoms with Gasteiger partial charge in [0.25, 0.3) is 0 Å². The Balaban J connectivity index is 1.40. The van der Waals surface area contributed by atoms with Crippen LogP contribution >= 0.6 is 0 Å². The van der Waals surface area contributed by atoms with Gasteiger partial charge in [-0.3, -0.25) is 9.69 Å². The first-order chi connectivity index (χ1) is 15.1. The SMILES string of the molecule is CCc1nc(Nc2ccc([NH+]3CCN(C(C)=O)CC3)cc2)c2oc3ccccc3c2n1. The Kier molecular flexibility index (Phi) is 5.03. The molecule has 0 saturated carbocycles. The van der Waals surface area contributed by atoms with E-state index >= 15 is 0 Å². The van der Waals surface area contributed by atoms with E-state index in [1.165, 1.54) is 10.6 Å². The van der Waals surface area contributed by atoms with E-state index in [1.54, 1.807) is 6.92 Å². The summed E-state index contributed by atoms with van der Waals surface area (Å²) < 4.78 is 6.08. The molecule has 1 aliphatic rings. The van der Waals surface area contributed by atoms with Crippen LogP contribution < -0.4 is 10.2 Å². The third-order valence-corrected chi connectivity index (χ3v) is 5.95. The predicted octanol–water partition coefficient (Wildman–Crippen LogP) is 3.06. The molecule has 0 unspecified atom stereocenters. The van der Waals surface area contributed by atoms with Crippen LogP contribution in [0.15, 0.2) is 52.9 Å². The number of anilines is 2. The number of fused-ring (bicyclic) bond motifs is 3. The molecular formula is C24H26N5O2+. The highest BCUT2D eigenvalue weighted by molar-refractivity contribution is 6.06. The van der Waals surface area contributed by atoms with Crippen LogP contribution in [0, 0.1) is 0 Å². The summed E-state index contributed by atoms with van der Waals surface area (Å²) in [6.45, 7) is 7.15. The van der Waals surface area contributed by atoms with Gasteiger partial charge in [-0.1, -0.05) is 19.1 Å². The molecule has 158 valence electrons. The molecule has 5 rings (SSSR count). The van der Waals surface area contributed by atoms with Gasteiger partial charge in [0.2, 0.25) is 5.91 Å². The molecule has 0 aliphatic carbocycles. The van der Waals surface area contributed by atoms with Crippen LogP contribution in [0.5, 0.6) is 0 Å². The molecule has 0 radical (unpaired) electrons. The predicted molar refractivity (Wildman–Crippen MR) is 121 cm³/mol. The van der Waals surface area contributed by atoms with Gasteiger partial charge in [-0.25, -0.2) is 9.97 Å². The maximum Gasteiger partial charge on any atom is 0.219 e. The van der Waals surface area contributed by atoms with Gasteiger partial charge in [0.15, 0.2) is 11.4 Å². The first-order valence-electron chi connectivity index (χ1n) is 10.8. The number of para-hydroxylation sites is 1. The molecule has 2 N–H and O–H groups in total. The Labute approximate surface area is 180 Å². The molecule has 0 spiro atoms. The summed E-state index contributed by atoms with van der Waals surface area (Å²) in [5.74, 6) is 1.63. The molecule has 1 amide bonds. The van der Waals surface area contributed by atoms with E-state index in [0.29, 0.717) is 11.4 Å². The average molecular weight is 417 g/mol. The number of hydrogen-bond donors (Lipinski definition) is 2. The fourth-order valence-electron chi connectivity index (χ4n) is 4.19. The van der Waals surface area contributed by atoms with E-state index in [2.05, 4.69) is 41.5 Å². The van der Waals surface area contributed by atoms with Crippen molar-refractivity contribution >= 4 is 45.2 Å². The largest absolute Gasteiger partial charge is 0.450 e. The van der Waals surface area contributed by atoms with E-state index in [4.69, 9.17) is 9.40 Å². The van der Waals surface area contributed by atoms with Crippen molar-refractivity contribution in [1.82, 2.24) is 14.9 Å². The van der Waals surface area contributed by atoms with Crippen LogP contribution in [-0.2, 0) is 11.2 Å². The molecular weight excluding hydrogens is 390 g/mol. The second-order valence-corrected chi connectivity index (χ2v) is 7.93. The van der Waals surface area contributed by atoms with E-state index < -0.39 is 0 Å². The summed E-state index contributed by atoms with van der Waals surface area (Å²) in [5.41, 5.74) is 4.52. The Hall–Kier alpha value is -3.45. The maximum absolute atomic E-state index is 11.5. The first-order valence-corrected chi connectivity index (χ1v) is 10.8. The molecule has 1 aliphatic heterocycles. The smallest absolute Gasteiger partial charge is 0.219 e. The van der Waals surface area contributed by atoms with Gasteiger partial charge in [-0.05, 0) is 24.3 Å². The van der Waals surface area contributed by atoms with E-state index in [0.717, 1.165) is 60.6 Å². The Morgan fingerprint density at radius 1 is 1.10 bits per heavy atom. The second kappa shape index (κ2) is 8.00. The molecule has 7 nitrogen and oxygen atoms in total. The van der Waals surface area contributed by atoms with Crippen molar-refractivity contribution < 1.29 is 14.1 Å². The van der Waals surface area contributed by atoms with E-state index in [9.17, 15) is 4.79 Å². The monoisotopic (exact) mass is 416 g/mol. The highest BCUT2D eigenvalue weighted by Crippen LogP contribution is 2.32. The summed E-state index contributed by atoms with van der Waals surface area (Å²) in [6, 6.07) is 16.4. The summed E-state index contributed by atoms with van der Waals surface area (Å²) in [4.78, 5) is 24.3. The molecule has 3 heterocycles. The van der Waals surface area contributed by atoms with Crippen molar-refractivity contribution in [2.45, 2.75) is 20.3 Å². The van der Waals surface area contributed by atoms with Crippen molar-refractivity contribution in [3.05, 3.63) is 54.4 Å². The van der Waals surface area contributed by atoms with Gasteiger partial charge in [0.05, 0.1) is 26.2 Å². The average Bonchev–Trinajstić information content (AvgIpc) is 3.18. The van der Waals surface area contributed by atoms with E-state index in [-0.39, 0.29) is 5.91 Å². The van der Waals surface area contributed by atoms with Crippen LogP contribution in [0.25, 0.3) is 22.1 Å². The third-order valence-electron chi connectivity index (χ3n) is 5.95. The Morgan fingerprint density at radius 2 is 1.84 bits per heavy atom. The number of piperazine rings is 1. The highest BCUT2D eigenvalue weighted by Gasteiger charge is 2.23. The molecule has 4 aromatic rings. The number of benzene rings is 2. The van der Waals surface area contributed by atoms with Gasteiger partial charge in [0.1, 0.15) is 22.6 Å². The zero-order valence-corrected chi connectivity index (χ0v) is 17.8. The number of furan rings is 1. The standard InChI is InChI=1S/C24H25N5O2/c1-3-21-26-22-19-6-4-5-7-20(19)31-23(22)24(27-21)25-17-8-10-18(11-9-17)29-14-12-28(13-15-29)16(2)30/h4-11H,3,12-15H2,1-2H3,(H,25,26,27)/p+1. The fourth-order valence-corrected chi connectivity index (χ4v) is 4.19. The number of carbonyl (C=O) groups is 1. The van der Waals surface area contributed by atoms with Crippen molar-refractivity contribution in [2.75, 3.05) is 31.5 Å².